The Labute approximate surface area is 180 Å². The number of carbonyl (C=O) groups is 2. The predicted molar refractivity (Wildman–Crippen MR) is 117 cm³/mol. The smallest absolute Gasteiger partial charge is 0.227 e. The molecule has 0 aromatic rings. The molecule has 3 aliphatic carbocycles. The molecule has 0 aromatic carbocycles. The summed E-state index contributed by atoms with van der Waals surface area (Å²) >= 11 is 0. The molecule has 0 unspecified atom stereocenters. The maximum Gasteiger partial charge on any atom is 0.227 e. The first-order valence-electron chi connectivity index (χ1n) is 12.3. The van der Waals surface area contributed by atoms with E-state index >= 15 is 0 Å². The molecule has 30 heavy (non-hydrogen) atoms. The van der Waals surface area contributed by atoms with Crippen molar-refractivity contribution in [1.29, 1.82) is 0 Å². The van der Waals surface area contributed by atoms with Gasteiger partial charge in [-0.3, -0.25) is 9.59 Å². The Kier molecular flexibility index (Phi) is 5.85. The van der Waals surface area contributed by atoms with Gasteiger partial charge in [0.25, 0.3) is 0 Å². The van der Waals surface area contributed by atoms with E-state index in [1.807, 2.05) is 14.7 Å². The maximum atomic E-state index is 12.4. The van der Waals surface area contributed by atoms with Crippen molar-refractivity contribution in [2.75, 3.05) is 39.3 Å². The number of nitrogens with one attached hydrogen (secondary N) is 1. The third kappa shape index (κ3) is 4.74. The van der Waals surface area contributed by atoms with Crippen molar-refractivity contribution in [3.05, 3.63) is 23.2 Å². The fraction of sp³-hybridized carbons (Fsp3) is 0.750. The molecule has 6 aliphatic rings. The van der Waals surface area contributed by atoms with E-state index in [9.17, 15) is 9.59 Å². The van der Waals surface area contributed by atoms with Crippen molar-refractivity contribution in [3.8, 4) is 0 Å². The Bertz CT molecular complexity index is 718. The van der Waals surface area contributed by atoms with Crippen LogP contribution in [0.15, 0.2) is 23.2 Å². The topological polar surface area (TPSA) is 55.2 Å². The van der Waals surface area contributed by atoms with E-state index in [1.54, 1.807) is 0 Å². The summed E-state index contributed by atoms with van der Waals surface area (Å²) in [6, 6.07) is 1.74. The number of Topliss-reactive ketones (excluding diaryl/α,β-unsaturated/α-hetero) is 1. The molecular formula is C24H36N4O2. The summed E-state index contributed by atoms with van der Waals surface area (Å²) in [5.74, 6) is 0.0485. The number of ketones is 2. The summed E-state index contributed by atoms with van der Waals surface area (Å²) in [6.07, 6.45) is 16.1. The zero-order chi connectivity index (χ0) is 20.5. The Morgan fingerprint density at radius 3 is 1.57 bits per heavy atom. The Hall–Kier alpha value is -1.82. The zero-order valence-electron chi connectivity index (χ0n) is 18.2. The highest BCUT2D eigenvalue weighted by molar-refractivity contribution is 6.22. The first-order valence-corrected chi connectivity index (χ1v) is 12.3. The van der Waals surface area contributed by atoms with Crippen molar-refractivity contribution in [3.63, 3.8) is 0 Å². The Morgan fingerprint density at radius 1 is 0.633 bits per heavy atom. The summed E-state index contributed by atoms with van der Waals surface area (Å²) in [4.78, 5) is 30.5. The number of rotatable bonds is 5. The van der Waals surface area contributed by atoms with Gasteiger partial charge in [0.1, 0.15) is 11.4 Å². The molecule has 6 heteroatoms. The van der Waals surface area contributed by atoms with Crippen molar-refractivity contribution in [1.82, 2.24) is 20.0 Å². The molecular weight excluding hydrogens is 376 g/mol. The lowest BCUT2D eigenvalue weighted by atomic mass is 9.91. The zero-order valence-corrected chi connectivity index (χ0v) is 18.2. The molecule has 0 amide bonds. The van der Waals surface area contributed by atoms with Crippen molar-refractivity contribution in [2.24, 2.45) is 0 Å². The lowest BCUT2D eigenvalue weighted by Gasteiger charge is -2.30. The van der Waals surface area contributed by atoms with Gasteiger partial charge in [-0.2, -0.15) is 0 Å². The molecule has 5 fully saturated rings. The SMILES string of the molecule is C1CCC(NC2CCCCC2)CC1.O=C1C=C(N2CC2)C(=O)C(N2CC2)=C1N1CC1. The van der Waals surface area contributed by atoms with Gasteiger partial charge in [0.05, 0.1) is 5.70 Å². The van der Waals surface area contributed by atoms with Crippen LogP contribution in [0, 0.1) is 0 Å². The average molecular weight is 413 g/mol. The van der Waals surface area contributed by atoms with E-state index in [-0.39, 0.29) is 11.6 Å². The van der Waals surface area contributed by atoms with E-state index in [0.717, 1.165) is 51.4 Å². The molecule has 164 valence electrons. The monoisotopic (exact) mass is 412 g/mol. The van der Waals surface area contributed by atoms with Crippen LogP contribution >= 0.6 is 0 Å². The van der Waals surface area contributed by atoms with E-state index in [0.29, 0.717) is 17.1 Å². The largest absolute Gasteiger partial charge is 0.365 e. The summed E-state index contributed by atoms with van der Waals surface area (Å²) < 4.78 is 0. The summed E-state index contributed by atoms with van der Waals surface area (Å²) in [5.41, 5.74) is 1.89. The Morgan fingerprint density at radius 2 is 1.10 bits per heavy atom. The van der Waals surface area contributed by atoms with Crippen LogP contribution in [0.25, 0.3) is 0 Å². The van der Waals surface area contributed by atoms with Gasteiger partial charge < -0.3 is 20.0 Å². The highest BCUT2D eigenvalue weighted by Crippen LogP contribution is 2.34. The molecule has 3 aliphatic heterocycles. The molecule has 0 aromatic heterocycles. The van der Waals surface area contributed by atoms with Crippen LogP contribution in [0.2, 0.25) is 0 Å². The van der Waals surface area contributed by atoms with Crippen molar-refractivity contribution >= 4 is 11.6 Å². The van der Waals surface area contributed by atoms with Gasteiger partial charge in [0.2, 0.25) is 11.6 Å². The predicted octanol–water partition coefficient (Wildman–Crippen LogP) is 2.42. The number of allylic oxidation sites excluding steroid dienone is 1. The Balaban J connectivity index is 0.000000134. The van der Waals surface area contributed by atoms with E-state index < -0.39 is 0 Å². The summed E-state index contributed by atoms with van der Waals surface area (Å²) in [6.45, 7) is 5.41. The minimum atomic E-state index is 0.00546. The van der Waals surface area contributed by atoms with Crippen LogP contribution in [-0.4, -0.2) is 77.6 Å². The molecule has 3 saturated heterocycles. The van der Waals surface area contributed by atoms with E-state index in [1.165, 1.54) is 70.3 Å². The van der Waals surface area contributed by atoms with Gasteiger partial charge in [-0.15, -0.1) is 0 Å². The highest BCUT2D eigenvalue weighted by Gasteiger charge is 2.43. The molecule has 3 heterocycles. The first kappa shape index (κ1) is 20.1. The molecule has 1 N–H and O–H groups in total. The van der Waals surface area contributed by atoms with Gasteiger partial charge in [0.15, 0.2) is 0 Å². The van der Waals surface area contributed by atoms with Gasteiger partial charge in [-0.05, 0) is 25.7 Å². The minimum Gasteiger partial charge on any atom is -0.365 e. The number of hydrogen-bond donors (Lipinski definition) is 1. The molecule has 0 bridgehead atoms. The van der Waals surface area contributed by atoms with Gasteiger partial charge in [0, 0.05) is 57.4 Å². The van der Waals surface area contributed by atoms with E-state index in [2.05, 4.69) is 5.32 Å². The lowest BCUT2D eigenvalue weighted by molar-refractivity contribution is -0.117. The molecule has 6 rings (SSSR count). The van der Waals surface area contributed by atoms with Crippen LogP contribution < -0.4 is 5.32 Å². The molecule has 6 nitrogen and oxygen atoms in total. The fourth-order valence-corrected chi connectivity index (χ4v) is 5.15. The van der Waals surface area contributed by atoms with Crippen molar-refractivity contribution in [2.45, 2.75) is 76.3 Å². The van der Waals surface area contributed by atoms with Crippen LogP contribution in [0.3, 0.4) is 0 Å². The number of nitrogens with zero attached hydrogens (tertiary/aromatic N) is 3. The number of carbonyl (C=O) groups excluding carboxylic acids is 2. The molecule has 0 atom stereocenters. The second-order valence-corrected chi connectivity index (χ2v) is 9.72. The third-order valence-electron chi connectivity index (χ3n) is 7.17. The van der Waals surface area contributed by atoms with Crippen LogP contribution in [0.5, 0.6) is 0 Å². The first-order chi connectivity index (χ1) is 14.7. The molecule has 0 spiro atoms. The van der Waals surface area contributed by atoms with Gasteiger partial charge in [-0.1, -0.05) is 38.5 Å². The normalized spacial score (nSPS) is 27.1. The third-order valence-corrected chi connectivity index (χ3v) is 7.17. The van der Waals surface area contributed by atoms with Crippen LogP contribution in [-0.2, 0) is 9.59 Å². The van der Waals surface area contributed by atoms with Crippen LogP contribution in [0.4, 0.5) is 0 Å². The van der Waals surface area contributed by atoms with Gasteiger partial charge >= 0.3 is 0 Å². The summed E-state index contributed by atoms with van der Waals surface area (Å²) in [5, 5.41) is 3.86. The lowest BCUT2D eigenvalue weighted by Crippen LogP contribution is -2.40. The number of hydrogen-bond acceptors (Lipinski definition) is 6. The summed E-state index contributed by atoms with van der Waals surface area (Å²) in [7, 11) is 0. The molecule has 0 radical (unpaired) electrons. The fourth-order valence-electron chi connectivity index (χ4n) is 5.15. The second-order valence-electron chi connectivity index (χ2n) is 9.72. The molecule has 2 saturated carbocycles. The average Bonchev–Trinajstić information content (AvgIpc) is 3.62. The second kappa shape index (κ2) is 8.74. The van der Waals surface area contributed by atoms with Crippen LogP contribution in [0.1, 0.15) is 64.2 Å². The van der Waals surface area contributed by atoms with E-state index in [4.69, 9.17) is 0 Å². The highest BCUT2D eigenvalue weighted by atomic mass is 16.1. The van der Waals surface area contributed by atoms with Crippen molar-refractivity contribution < 1.29 is 9.59 Å². The quantitative estimate of drug-likeness (QED) is 0.553. The minimum absolute atomic E-state index is 0.00546. The van der Waals surface area contributed by atoms with Gasteiger partial charge in [-0.25, -0.2) is 0 Å². The standard InChI is InChI=1S/C12H13N3O2.C12H23N/c16-9-7-8(13-1-2-13)12(17)11(15-5-6-15)10(9)14-3-4-14;1-3-7-11(8-4-1)13-12-9-5-2-6-10-12/h7H,1-6H2;11-13H,1-10H2. The maximum absolute atomic E-state index is 12.4.